The summed E-state index contributed by atoms with van der Waals surface area (Å²) in [6, 6.07) is -0.111. The third-order valence-corrected chi connectivity index (χ3v) is 2.77. The summed E-state index contributed by atoms with van der Waals surface area (Å²) in [7, 11) is 0. The molecule has 2 fully saturated rings. The zero-order valence-corrected chi connectivity index (χ0v) is 8.88. The van der Waals surface area contributed by atoms with E-state index in [1.165, 1.54) is 0 Å². The Hall–Kier alpha value is -0.610. The van der Waals surface area contributed by atoms with Crippen LogP contribution >= 0.6 is 0 Å². The standard InChI is InChI=1S/C10H18N2O2/c1-10(2)6-12(7-10)9(13)8-5-14-4-3-11-8/h8,11H,3-7H2,1-2H3. The van der Waals surface area contributed by atoms with Crippen molar-refractivity contribution in [2.24, 2.45) is 5.41 Å². The molecule has 2 saturated heterocycles. The number of nitrogens with one attached hydrogen (secondary N) is 1. The van der Waals surface area contributed by atoms with E-state index < -0.39 is 0 Å². The number of nitrogens with zero attached hydrogens (tertiary/aromatic N) is 1. The first-order valence-corrected chi connectivity index (χ1v) is 5.18. The van der Waals surface area contributed by atoms with E-state index >= 15 is 0 Å². The molecule has 0 aromatic rings. The van der Waals surface area contributed by atoms with Gasteiger partial charge in [-0.05, 0) is 5.41 Å². The molecule has 80 valence electrons. The van der Waals surface area contributed by atoms with E-state index in [0.29, 0.717) is 12.0 Å². The molecule has 0 aromatic heterocycles. The molecule has 2 heterocycles. The number of likely N-dealkylation sites (tertiary alicyclic amines) is 1. The number of carbonyl (C=O) groups is 1. The van der Waals surface area contributed by atoms with Crippen LogP contribution in [0.2, 0.25) is 0 Å². The molecule has 1 atom stereocenters. The van der Waals surface area contributed by atoms with Crippen LogP contribution in [0.25, 0.3) is 0 Å². The van der Waals surface area contributed by atoms with E-state index in [0.717, 1.165) is 26.2 Å². The summed E-state index contributed by atoms with van der Waals surface area (Å²) in [6.45, 7) is 8.15. The van der Waals surface area contributed by atoms with Gasteiger partial charge >= 0.3 is 0 Å². The fraction of sp³-hybridized carbons (Fsp3) is 0.900. The van der Waals surface area contributed by atoms with Crippen LogP contribution < -0.4 is 5.32 Å². The first kappa shape index (κ1) is 9.93. The van der Waals surface area contributed by atoms with Crippen molar-refractivity contribution in [3.63, 3.8) is 0 Å². The third-order valence-electron chi connectivity index (χ3n) is 2.77. The van der Waals surface area contributed by atoms with E-state index in [1.54, 1.807) is 0 Å². The summed E-state index contributed by atoms with van der Waals surface area (Å²) in [5, 5.41) is 3.18. The molecule has 0 aliphatic carbocycles. The van der Waals surface area contributed by atoms with Crippen LogP contribution in [0.5, 0.6) is 0 Å². The Labute approximate surface area is 84.6 Å². The molecule has 0 spiro atoms. The first-order chi connectivity index (χ1) is 6.58. The third kappa shape index (κ3) is 1.91. The van der Waals surface area contributed by atoms with Crippen LogP contribution in [0.4, 0.5) is 0 Å². The minimum absolute atomic E-state index is 0.111. The maximum Gasteiger partial charge on any atom is 0.242 e. The lowest BCUT2D eigenvalue weighted by Crippen LogP contribution is -2.61. The number of carbonyl (C=O) groups excluding carboxylic acids is 1. The molecule has 1 N–H and O–H groups in total. The van der Waals surface area contributed by atoms with Crippen LogP contribution in [-0.4, -0.2) is 49.7 Å². The van der Waals surface area contributed by atoms with Crippen LogP contribution in [-0.2, 0) is 9.53 Å². The van der Waals surface area contributed by atoms with Crippen molar-refractivity contribution in [1.82, 2.24) is 10.2 Å². The Kier molecular flexibility index (Phi) is 2.49. The van der Waals surface area contributed by atoms with E-state index in [1.807, 2.05) is 4.90 Å². The normalized spacial score (nSPS) is 31.0. The lowest BCUT2D eigenvalue weighted by Gasteiger charge is -2.47. The highest BCUT2D eigenvalue weighted by atomic mass is 16.5. The van der Waals surface area contributed by atoms with Crippen molar-refractivity contribution in [1.29, 1.82) is 0 Å². The summed E-state index contributed by atoms with van der Waals surface area (Å²) >= 11 is 0. The second kappa shape index (κ2) is 3.51. The van der Waals surface area contributed by atoms with Crippen LogP contribution in [0.15, 0.2) is 0 Å². The zero-order chi connectivity index (χ0) is 10.2. The van der Waals surface area contributed by atoms with Crippen molar-refractivity contribution >= 4 is 5.91 Å². The number of ether oxygens (including phenoxy) is 1. The van der Waals surface area contributed by atoms with Crippen molar-refractivity contribution in [3.05, 3.63) is 0 Å². The highest BCUT2D eigenvalue weighted by Gasteiger charge is 2.39. The molecule has 1 unspecified atom stereocenters. The first-order valence-electron chi connectivity index (χ1n) is 5.18. The monoisotopic (exact) mass is 198 g/mol. The molecular weight excluding hydrogens is 180 g/mol. The van der Waals surface area contributed by atoms with E-state index in [9.17, 15) is 4.79 Å². The van der Waals surface area contributed by atoms with Gasteiger partial charge in [-0.25, -0.2) is 0 Å². The van der Waals surface area contributed by atoms with Gasteiger partial charge in [-0.1, -0.05) is 13.8 Å². The summed E-state index contributed by atoms with van der Waals surface area (Å²) in [5.41, 5.74) is 0.311. The van der Waals surface area contributed by atoms with E-state index in [4.69, 9.17) is 4.74 Å². The van der Waals surface area contributed by atoms with Gasteiger partial charge in [-0.3, -0.25) is 4.79 Å². The number of rotatable bonds is 1. The largest absolute Gasteiger partial charge is 0.378 e. The van der Waals surface area contributed by atoms with Gasteiger partial charge in [-0.2, -0.15) is 0 Å². The summed E-state index contributed by atoms with van der Waals surface area (Å²) in [6.07, 6.45) is 0. The van der Waals surface area contributed by atoms with Crippen LogP contribution in [0.3, 0.4) is 0 Å². The maximum absolute atomic E-state index is 11.9. The molecule has 0 bridgehead atoms. The highest BCUT2D eigenvalue weighted by molar-refractivity contribution is 5.83. The van der Waals surface area contributed by atoms with Gasteiger partial charge in [0, 0.05) is 19.6 Å². The fourth-order valence-corrected chi connectivity index (χ4v) is 2.09. The fourth-order valence-electron chi connectivity index (χ4n) is 2.09. The molecule has 4 nitrogen and oxygen atoms in total. The molecule has 0 radical (unpaired) electrons. The maximum atomic E-state index is 11.9. The molecule has 1 amide bonds. The predicted molar refractivity (Wildman–Crippen MR) is 53.0 cm³/mol. The van der Waals surface area contributed by atoms with Crippen molar-refractivity contribution in [3.8, 4) is 0 Å². The average molecular weight is 198 g/mol. The van der Waals surface area contributed by atoms with Crippen LogP contribution in [0.1, 0.15) is 13.8 Å². The smallest absolute Gasteiger partial charge is 0.242 e. The molecule has 2 aliphatic rings. The molecular formula is C10H18N2O2. The lowest BCUT2D eigenvalue weighted by atomic mass is 9.84. The van der Waals surface area contributed by atoms with Gasteiger partial charge in [0.25, 0.3) is 0 Å². The minimum atomic E-state index is -0.111. The summed E-state index contributed by atoms with van der Waals surface area (Å²) in [4.78, 5) is 13.8. The van der Waals surface area contributed by atoms with E-state index in [-0.39, 0.29) is 11.9 Å². The van der Waals surface area contributed by atoms with Crippen molar-refractivity contribution in [2.75, 3.05) is 32.8 Å². The van der Waals surface area contributed by atoms with Gasteiger partial charge < -0.3 is 15.0 Å². The van der Waals surface area contributed by atoms with Gasteiger partial charge in [0.05, 0.1) is 13.2 Å². The Bertz CT molecular complexity index is 226. The quantitative estimate of drug-likeness (QED) is 0.637. The second-order valence-corrected chi connectivity index (χ2v) is 4.94. The Morgan fingerprint density at radius 1 is 1.50 bits per heavy atom. The Morgan fingerprint density at radius 2 is 2.21 bits per heavy atom. The van der Waals surface area contributed by atoms with Crippen molar-refractivity contribution < 1.29 is 9.53 Å². The predicted octanol–water partition coefficient (Wildman–Crippen LogP) is -0.157. The van der Waals surface area contributed by atoms with Gasteiger partial charge in [0.2, 0.25) is 5.91 Å². The number of hydrogen-bond donors (Lipinski definition) is 1. The molecule has 14 heavy (non-hydrogen) atoms. The molecule has 0 saturated carbocycles. The number of hydrogen-bond acceptors (Lipinski definition) is 3. The topological polar surface area (TPSA) is 41.6 Å². The van der Waals surface area contributed by atoms with Crippen LogP contribution in [0, 0.1) is 5.41 Å². The highest BCUT2D eigenvalue weighted by Crippen LogP contribution is 2.29. The molecule has 4 heteroatoms. The molecule has 0 aromatic carbocycles. The van der Waals surface area contributed by atoms with Gasteiger partial charge in [-0.15, -0.1) is 0 Å². The number of morpholine rings is 1. The Balaban J connectivity index is 1.84. The van der Waals surface area contributed by atoms with E-state index in [2.05, 4.69) is 19.2 Å². The Morgan fingerprint density at radius 3 is 2.71 bits per heavy atom. The SMILES string of the molecule is CC1(C)CN(C(=O)C2COCCN2)C1. The lowest BCUT2D eigenvalue weighted by molar-refractivity contribution is -0.146. The minimum Gasteiger partial charge on any atom is -0.378 e. The summed E-state index contributed by atoms with van der Waals surface area (Å²) < 4.78 is 5.26. The second-order valence-electron chi connectivity index (χ2n) is 4.94. The molecule has 2 aliphatic heterocycles. The molecule has 2 rings (SSSR count). The average Bonchev–Trinajstić information content (AvgIpc) is 2.14. The summed E-state index contributed by atoms with van der Waals surface area (Å²) in [5.74, 6) is 0.198. The van der Waals surface area contributed by atoms with Gasteiger partial charge in [0.15, 0.2) is 0 Å². The van der Waals surface area contributed by atoms with Gasteiger partial charge in [0.1, 0.15) is 6.04 Å². The zero-order valence-electron chi connectivity index (χ0n) is 8.88. The number of amides is 1. The van der Waals surface area contributed by atoms with Crippen molar-refractivity contribution in [2.45, 2.75) is 19.9 Å².